The summed E-state index contributed by atoms with van der Waals surface area (Å²) in [6.45, 7) is 1.87. The number of ether oxygens (including phenoxy) is 1. The number of hydrogen-bond donors (Lipinski definition) is 3. The minimum absolute atomic E-state index is 0.0756. The summed E-state index contributed by atoms with van der Waals surface area (Å²) in [6.07, 6.45) is 0.0756. The van der Waals surface area contributed by atoms with Crippen molar-refractivity contribution in [2.45, 2.75) is 19.4 Å². The molecule has 0 heterocycles. The van der Waals surface area contributed by atoms with E-state index in [4.69, 9.17) is 27.9 Å². The Labute approximate surface area is 105 Å². The number of rotatable bonds is 4. The van der Waals surface area contributed by atoms with Gasteiger partial charge in [0.25, 0.3) is 0 Å². The predicted octanol–water partition coefficient (Wildman–Crippen LogP) is 1.04. The number of amides is 1. The van der Waals surface area contributed by atoms with Crippen molar-refractivity contribution in [1.29, 1.82) is 0 Å². The molecule has 0 aliphatic carbocycles. The van der Waals surface area contributed by atoms with E-state index in [1.165, 1.54) is 0 Å². The summed E-state index contributed by atoms with van der Waals surface area (Å²) in [5.74, 6) is 5.29. The van der Waals surface area contributed by atoms with Crippen LogP contribution >= 0.6 is 11.6 Å². The fourth-order valence-corrected chi connectivity index (χ4v) is 1.68. The van der Waals surface area contributed by atoms with Gasteiger partial charge in [0.15, 0.2) is 0 Å². The summed E-state index contributed by atoms with van der Waals surface area (Å²) in [4.78, 5) is 11.2. The Hall–Kier alpha value is -1.30. The highest BCUT2D eigenvalue weighted by Gasteiger charge is 2.16. The summed E-state index contributed by atoms with van der Waals surface area (Å²) in [6, 6.07) is 2.99. The van der Waals surface area contributed by atoms with Crippen LogP contribution in [0.3, 0.4) is 0 Å². The predicted molar refractivity (Wildman–Crippen MR) is 66.6 cm³/mol. The molecular weight excluding hydrogens is 242 g/mol. The maximum Gasteiger partial charge on any atom is 0.235 e. The first-order valence-electron chi connectivity index (χ1n) is 5.08. The van der Waals surface area contributed by atoms with Crippen molar-refractivity contribution >= 4 is 17.5 Å². The van der Waals surface area contributed by atoms with Gasteiger partial charge in [0, 0.05) is 23.0 Å². The lowest BCUT2D eigenvalue weighted by Crippen LogP contribution is -2.32. The average molecular weight is 258 g/mol. The molecule has 17 heavy (non-hydrogen) atoms. The van der Waals surface area contributed by atoms with Crippen LogP contribution in [0.4, 0.5) is 0 Å². The van der Waals surface area contributed by atoms with Crippen LogP contribution in [0.25, 0.3) is 0 Å². The number of carbonyl (C=O) groups excluding carboxylic acids is 1. The first-order chi connectivity index (χ1) is 7.99. The van der Waals surface area contributed by atoms with Crippen LogP contribution in [0.1, 0.15) is 23.6 Å². The van der Waals surface area contributed by atoms with Crippen LogP contribution in [-0.4, -0.2) is 13.0 Å². The van der Waals surface area contributed by atoms with Gasteiger partial charge in [0.2, 0.25) is 5.91 Å². The molecule has 0 aliphatic rings. The summed E-state index contributed by atoms with van der Waals surface area (Å²) in [5, 5.41) is 0.587. The molecule has 94 valence electrons. The van der Waals surface area contributed by atoms with Crippen molar-refractivity contribution in [3.8, 4) is 5.75 Å². The lowest BCUT2D eigenvalue weighted by atomic mass is 10.0. The van der Waals surface area contributed by atoms with Crippen LogP contribution in [0.15, 0.2) is 12.1 Å². The van der Waals surface area contributed by atoms with Gasteiger partial charge in [0.05, 0.1) is 7.11 Å². The van der Waals surface area contributed by atoms with Crippen molar-refractivity contribution in [2.24, 2.45) is 11.6 Å². The van der Waals surface area contributed by atoms with E-state index < -0.39 is 6.04 Å². The summed E-state index contributed by atoms with van der Waals surface area (Å²) >= 11 is 6.02. The fourth-order valence-electron chi connectivity index (χ4n) is 1.51. The molecule has 0 radical (unpaired) electrons. The van der Waals surface area contributed by atoms with Crippen LogP contribution in [0.2, 0.25) is 5.02 Å². The van der Waals surface area contributed by atoms with Gasteiger partial charge < -0.3 is 10.5 Å². The Kier molecular flexibility index (Phi) is 4.74. The highest BCUT2D eigenvalue weighted by molar-refractivity contribution is 6.31. The lowest BCUT2D eigenvalue weighted by molar-refractivity contribution is -0.121. The molecule has 0 spiro atoms. The Morgan fingerprint density at radius 1 is 1.59 bits per heavy atom. The van der Waals surface area contributed by atoms with Gasteiger partial charge in [-0.05, 0) is 24.6 Å². The van der Waals surface area contributed by atoms with Gasteiger partial charge in [-0.1, -0.05) is 11.6 Å². The number of nitrogens with two attached hydrogens (primary N) is 2. The molecular formula is C11H16ClN3O2. The largest absolute Gasteiger partial charge is 0.496 e. The highest BCUT2D eigenvalue weighted by Crippen LogP contribution is 2.31. The molecule has 1 aromatic rings. The fraction of sp³-hybridized carbons (Fsp3) is 0.364. The van der Waals surface area contributed by atoms with Gasteiger partial charge in [-0.2, -0.15) is 0 Å². The van der Waals surface area contributed by atoms with Crippen molar-refractivity contribution in [3.05, 3.63) is 28.3 Å². The van der Waals surface area contributed by atoms with Gasteiger partial charge >= 0.3 is 0 Å². The molecule has 0 saturated heterocycles. The molecule has 1 atom stereocenters. The molecule has 1 amide bonds. The summed E-state index contributed by atoms with van der Waals surface area (Å²) in [7, 11) is 1.54. The van der Waals surface area contributed by atoms with Crippen LogP contribution < -0.4 is 21.7 Å². The van der Waals surface area contributed by atoms with Gasteiger partial charge in [0.1, 0.15) is 5.75 Å². The number of hydrogen-bond acceptors (Lipinski definition) is 4. The zero-order valence-electron chi connectivity index (χ0n) is 9.79. The molecule has 1 rings (SSSR count). The van der Waals surface area contributed by atoms with Crippen molar-refractivity contribution in [3.63, 3.8) is 0 Å². The van der Waals surface area contributed by atoms with E-state index in [0.717, 1.165) is 5.56 Å². The second-order valence-corrected chi connectivity index (χ2v) is 4.13. The number of methoxy groups -OCH3 is 1. The SMILES string of the molecule is COc1cc(C)c(Cl)cc1C(N)CC(=O)NN. The normalized spacial score (nSPS) is 12.1. The van der Waals surface area contributed by atoms with E-state index in [1.807, 2.05) is 12.3 Å². The second kappa shape index (κ2) is 5.86. The van der Waals surface area contributed by atoms with Gasteiger partial charge in [-0.3, -0.25) is 10.2 Å². The van der Waals surface area contributed by atoms with Crippen molar-refractivity contribution < 1.29 is 9.53 Å². The molecule has 5 N–H and O–H groups in total. The number of benzene rings is 1. The molecule has 0 aliphatic heterocycles. The zero-order valence-corrected chi connectivity index (χ0v) is 10.5. The first kappa shape index (κ1) is 13.8. The number of carbonyl (C=O) groups is 1. The van der Waals surface area contributed by atoms with Gasteiger partial charge in [-0.15, -0.1) is 0 Å². The monoisotopic (exact) mass is 257 g/mol. The third-order valence-corrected chi connectivity index (χ3v) is 2.88. The molecule has 1 aromatic carbocycles. The molecule has 0 saturated carbocycles. The number of hydrazine groups is 1. The van der Waals surface area contributed by atoms with Crippen LogP contribution in [0.5, 0.6) is 5.75 Å². The van der Waals surface area contributed by atoms with E-state index in [0.29, 0.717) is 16.3 Å². The minimum Gasteiger partial charge on any atom is -0.496 e. The number of aryl methyl sites for hydroxylation is 1. The second-order valence-electron chi connectivity index (χ2n) is 3.72. The summed E-state index contributed by atoms with van der Waals surface area (Å²) < 4.78 is 5.22. The third kappa shape index (κ3) is 3.33. The lowest BCUT2D eigenvalue weighted by Gasteiger charge is -2.16. The van der Waals surface area contributed by atoms with Crippen LogP contribution in [-0.2, 0) is 4.79 Å². The molecule has 6 heteroatoms. The van der Waals surface area contributed by atoms with Crippen molar-refractivity contribution in [2.75, 3.05) is 7.11 Å². The Morgan fingerprint density at radius 2 is 2.24 bits per heavy atom. The van der Waals surface area contributed by atoms with E-state index in [2.05, 4.69) is 0 Å². The highest BCUT2D eigenvalue weighted by atomic mass is 35.5. The third-order valence-electron chi connectivity index (χ3n) is 2.48. The molecule has 5 nitrogen and oxygen atoms in total. The number of nitrogens with one attached hydrogen (secondary N) is 1. The maximum absolute atomic E-state index is 11.2. The Balaban J connectivity index is 3.03. The van der Waals surface area contributed by atoms with E-state index in [9.17, 15) is 4.79 Å². The number of halogens is 1. The van der Waals surface area contributed by atoms with Gasteiger partial charge in [-0.25, -0.2) is 5.84 Å². The molecule has 0 fully saturated rings. The van der Waals surface area contributed by atoms with E-state index in [1.54, 1.807) is 19.2 Å². The minimum atomic E-state index is -0.508. The van der Waals surface area contributed by atoms with E-state index in [-0.39, 0.29) is 12.3 Å². The average Bonchev–Trinajstić information content (AvgIpc) is 2.31. The standard InChI is InChI=1S/C11H16ClN3O2/c1-6-3-10(17-2)7(4-8(6)12)9(13)5-11(16)15-14/h3-4,9H,5,13-14H2,1-2H3,(H,15,16). The van der Waals surface area contributed by atoms with Crippen molar-refractivity contribution in [1.82, 2.24) is 5.43 Å². The first-order valence-corrected chi connectivity index (χ1v) is 5.46. The summed E-state index contributed by atoms with van der Waals surface area (Å²) in [5.41, 5.74) is 9.53. The zero-order chi connectivity index (χ0) is 13.0. The topological polar surface area (TPSA) is 90.4 Å². The maximum atomic E-state index is 11.2. The molecule has 1 unspecified atom stereocenters. The Bertz CT molecular complexity index is 423. The van der Waals surface area contributed by atoms with E-state index >= 15 is 0 Å². The smallest absolute Gasteiger partial charge is 0.235 e. The Morgan fingerprint density at radius 3 is 2.76 bits per heavy atom. The quantitative estimate of drug-likeness (QED) is 0.427. The molecule has 0 aromatic heterocycles. The molecule has 0 bridgehead atoms. The van der Waals surface area contributed by atoms with Crippen LogP contribution in [0, 0.1) is 6.92 Å².